The summed E-state index contributed by atoms with van der Waals surface area (Å²) < 4.78 is 11.7. The Hall–Kier alpha value is -1.59. The van der Waals surface area contributed by atoms with Gasteiger partial charge in [0.25, 0.3) is 5.91 Å². The number of ether oxygens (including phenoxy) is 2. The number of likely N-dealkylation sites (tertiary alicyclic amines) is 1. The van der Waals surface area contributed by atoms with Crippen molar-refractivity contribution < 1.29 is 14.3 Å². The summed E-state index contributed by atoms with van der Waals surface area (Å²) in [5.41, 5.74) is -0.0186. The van der Waals surface area contributed by atoms with Crippen molar-refractivity contribution in [2.24, 2.45) is 0 Å². The maximum Gasteiger partial charge on any atom is 0.256 e. The van der Waals surface area contributed by atoms with Crippen molar-refractivity contribution in [2.75, 3.05) is 31.6 Å². The van der Waals surface area contributed by atoms with Gasteiger partial charge in [-0.05, 0) is 70.8 Å². The number of hydrogen-bond acceptors (Lipinski definition) is 4. The molecule has 1 saturated heterocycles. The van der Waals surface area contributed by atoms with Gasteiger partial charge in [-0.2, -0.15) is 0 Å². The van der Waals surface area contributed by atoms with E-state index >= 15 is 0 Å². The molecule has 2 rings (SSSR count). The second-order valence-corrected chi connectivity index (χ2v) is 7.98. The number of carbonyl (C=O) groups is 1. The van der Waals surface area contributed by atoms with E-state index in [2.05, 4.69) is 24.1 Å². The number of hydrogen-bond donors (Lipinski definition) is 1. The van der Waals surface area contributed by atoms with Crippen molar-refractivity contribution in [1.29, 1.82) is 0 Å². The quantitative estimate of drug-likeness (QED) is 0.586. The summed E-state index contributed by atoms with van der Waals surface area (Å²) in [6.07, 6.45) is 6.64. The van der Waals surface area contributed by atoms with Gasteiger partial charge in [-0.3, -0.25) is 9.69 Å². The summed E-state index contributed by atoms with van der Waals surface area (Å²) in [5.74, 6) is 0.747. The summed E-state index contributed by atoms with van der Waals surface area (Å²) in [7, 11) is 0. The molecule has 0 radical (unpaired) electrons. The number of rotatable bonds is 11. The third-order valence-corrected chi connectivity index (χ3v) is 5.65. The van der Waals surface area contributed by atoms with Crippen LogP contribution < -0.4 is 10.1 Å². The fraction of sp³-hybridized carbons (Fsp3) is 0.696. The predicted octanol–water partition coefficient (Wildman–Crippen LogP) is 4.86. The molecule has 28 heavy (non-hydrogen) atoms. The van der Waals surface area contributed by atoms with E-state index in [9.17, 15) is 4.79 Å². The van der Waals surface area contributed by atoms with Crippen LogP contribution in [-0.2, 0) is 9.53 Å². The van der Waals surface area contributed by atoms with Crippen LogP contribution in [0.2, 0.25) is 0 Å². The van der Waals surface area contributed by atoms with Crippen LogP contribution in [0.4, 0.5) is 5.69 Å². The van der Waals surface area contributed by atoms with E-state index in [0.717, 1.165) is 37.2 Å². The second kappa shape index (κ2) is 11.4. The molecule has 1 aromatic carbocycles. The number of nitrogens with one attached hydrogen (secondary N) is 1. The van der Waals surface area contributed by atoms with Crippen molar-refractivity contribution in [2.45, 2.75) is 77.9 Å². The molecule has 0 aliphatic carbocycles. The molecule has 0 unspecified atom stereocenters. The van der Waals surface area contributed by atoms with Gasteiger partial charge in [-0.15, -0.1) is 0 Å². The topological polar surface area (TPSA) is 50.8 Å². The van der Waals surface area contributed by atoms with Gasteiger partial charge in [0.05, 0.1) is 0 Å². The van der Waals surface area contributed by atoms with E-state index in [0.29, 0.717) is 19.3 Å². The monoisotopic (exact) mass is 390 g/mol. The van der Waals surface area contributed by atoms with Gasteiger partial charge in [0.2, 0.25) is 0 Å². The smallest absolute Gasteiger partial charge is 0.256 e. The van der Waals surface area contributed by atoms with E-state index in [-0.39, 0.29) is 5.91 Å². The molecule has 0 spiro atoms. The normalized spacial score (nSPS) is 19.8. The first-order valence-corrected chi connectivity index (χ1v) is 10.9. The second-order valence-electron chi connectivity index (χ2n) is 7.98. The summed E-state index contributed by atoms with van der Waals surface area (Å²) in [5, 5.41) is 2.99. The Balaban J connectivity index is 1.83. The van der Waals surface area contributed by atoms with Crippen LogP contribution >= 0.6 is 0 Å². The van der Waals surface area contributed by atoms with Crippen LogP contribution in [0.5, 0.6) is 5.75 Å². The number of carbonyl (C=O) groups excluding carboxylic acids is 1. The summed E-state index contributed by atoms with van der Waals surface area (Å²) in [6, 6.07) is 8.27. The molecule has 1 amide bonds. The summed E-state index contributed by atoms with van der Waals surface area (Å²) in [6.45, 7) is 11.6. The standard InChI is InChI=1S/C23H38N2O3/c1-5-7-15-23(4,28-6-2)22(26)24-20-11-13-21(14-12-20)27-18-17-25-16-9-8-10-19(25)3/h11-14,19H,5-10,15-18H2,1-4H3,(H,24,26)/t19-,23+/m0/s1. The van der Waals surface area contributed by atoms with E-state index in [1.165, 1.54) is 25.8 Å². The van der Waals surface area contributed by atoms with Gasteiger partial charge in [0.1, 0.15) is 18.0 Å². The molecule has 158 valence electrons. The van der Waals surface area contributed by atoms with Crippen molar-refractivity contribution >= 4 is 11.6 Å². The number of benzene rings is 1. The van der Waals surface area contributed by atoms with Crippen LogP contribution in [0.15, 0.2) is 24.3 Å². The van der Waals surface area contributed by atoms with E-state index in [4.69, 9.17) is 9.47 Å². The highest BCUT2D eigenvalue weighted by Crippen LogP contribution is 2.23. The van der Waals surface area contributed by atoms with Gasteiger partial charge in [-0.25, -0.2) is 0 Å². The number of amides is 1. The largest absolute Gasteiger partial charge is 0.492 e. The first-order chi connectivity index (χ1) is 13.5. The van der Waals surface area contributed by atoms with Crippen molar-refractivity contribution in [1.82, 2.24) is 4.90 Å². The zero-order valence-corrected chi connectivity index (χ0v) is 18.1. The van der Waals surface area contributed by atoms with Crippen LogP contribution in [0, 0.1) is 0 Å². The highest BCUT2D eigenvalue weighted by atomic mass is 16.5. The Labute approximate surface area is 170 Å². The lowest BCUT2D eigenvalue weighted by Crippen LogP contribution is -2.42. The molecule has 1 aliphatic rings. The minimum Gasteiger partial charge on any atom is -0.492 e. The Kier molecular flexibility index (Phi) is 9.26. The van der Waals surface area contributed by atoms with Crippen molar-refractivity contribution in [3.05, 3.63) is 24.3 Å². The van der Waals surface area contributed by atoms with E-state index in [1.807, 2.05) is 38.1 Å². The molecule has 1 aliphatic heterocycles. The van der Waals surface area contributed by atoms with Gasteiger partial charge < -0.3 is 14.8 Å². The maximum absolute atomic E-state index is 12.7. The molecule has 1 aromatic rings. The fourth-order valence-corrected chi connectivity index (χ4v) is 3.75. The van der Waals surface area contributed by atoms with Crippen LogP contribution in [0.25, 0.3) is 0 Å². The van der Waals surface area contributed by atoms with Gasteiger partial charge in [0, 0.05) is 24.9 Å². The molecular weight excluding hydrogens is 352 g/mol. The number of nitrogens with zero attached hydrogens (tertiary/aromatic N) is 1. The van der Waals surface area contributed by atoms with E-state index < -0.39 is 5.60 Å². The molecule has 0 bridgehead atoms. The lowest BCUT2D eigenvalue weighted by atomic mass is 9.97. The molecular formula is C23H38N2O3. The van der Waals surface area contributed by atoms with Crippen LogP contribution in [0.1, 0.15) is 66.2 Å². The van der Waals surface area contributed by atoms with E-state index in [1.54, 1.807) is 0 Å². The molecule has 5 heteroatoms. The molecule has 2 atom stereocenters. The Morgan fingerprint density at radius 3 is 2.64 bits per heavy atom. The van der Waals surface area contributed by atoms with Crippen LogP contribution in [-0.4, -0.2) is 48.8 Å². The number of anilines is 1. The minimum absolute atomic E-state index is 0.0874. The average Bonchev–Trinajstić information content (AvgIpc) is 2.69. The Morgan fingerprint density at radius 2 is 2.00 bits per heavy atom. The fourth-order valence-electron chi connectivity index (χ4n) is 3.75. The molecule has 1 heterocycles. The molecule has 5 nitrogen and oxygen atoms in total. The third-order valence-electron chi connectivity index (χ3n) is 5.65. The Bertz CT molecular complexity index is 590. The average molecular weight is 391 g/mol. The SMILES string of the molecule is CCCC[C@@](C)(OCC)C(=O)Nc1ccc(OCCN2CCCC[C@@H]2C)cc1. The first kappa shape index (κ1) is 22.7. The minimum atomic E-state index is -0.787. The number of unbranched alkanes of at least 4 members (excludes halogenated alkanes) is 1. The molecule has 0 aromatic heterocycles. The van der Waals surface area contributed by atoms with Crippen molar-refractivity contribution in [3.63, 3.8) is 0 Å². The predicted molar refractivity (Wildman–Crippen MR) is 115 cm³/mol. The zero-order chi connectivity index (χ0) is 20.4. The third kappa shape index (κ3) is 6.78. The van der Waals surface area contributed by atoms with Gasteiger partial charge in [-0.1, -0.05) is 26.2 Å². The lowest BCUT2D eigenvalue weighted by Gasteiger charge is -2.33. The molecule has 1 N–H and O–H groups in total. The molecule has 1 fully saturated rings. The zero-order valence-electron chi connectivity index (χ0n) is 18.1. The van der Waals surface area contributed by atoms with Gasteiger partial charge in [0.15, 0.2) is 0 Å². The lowest BCUT2D eigenvalue weighted by molar-refractivity contribution is -0.139. The van der Waals surface area contributed by atoms with Gasteiger partial charge >= 0.3 is 0 Å². The summed E-state index contributed by atoms with van der Waals surface area (Å²) in [4.78, 5) is 15.2. The Morgan fingerprint density at radius 1 is 1.25 bits per heavy atom. The first-order valence-electron chi connectivity index (χ1n) is 10.9. The maximum atomic E-state index is 12.7. The van der Waals surface area contributed by atoms with Crippen molar-refractivity contribution in [3.8, 4) is 5.75 Å². The molecule has 0 saturated carbocycles. The highest BCUT2D eigenvalue weighted by molar-refractivity contribution is 5.97. The van der Waals surface area contributed by atoms with Crippen LogP contribution in [0.3, 0.4) is 0 Å². The summed E-state index contributed by atoms with van der Waals surface area (Å²) >= 11 is 0. The highest BCUT2D eigenvalue weighted by Gasteiger charge is 2.33. The number of piperidine rings is 1.